The molecule has 1 aliphatic rings. The van der Waals surface area contributed by atoms with Crippen LogP contribution in [0.5, 0.6) is 0 Å². The number of ether oxygens (including phenoxy) is 1. The molecular formula is C25H26ClFN6O2. The smallest absolute Gasteiger partial charge is 0.410 e. The average molecular weight is 497 g/mol. The van der Waals surface area contributed by atoms with Crippen molar-refractivity contribution in [1.82, 2.24) is 24.3 Å². The zero-order chi connectivity index (χ0) is 24.9. The second-order valence-electron chi connectivity index (χ2n) is 9.70. The lowest BCUT2D eigenvalue weighted by Gasteiger charge is -2.36. The molecular weight excluding hydrogens is 471 g/mol. The topological polar surface area (TPSA) is 75.9 Å². The highest BCUT2D eigenvalue weighted by Crippen LogP contribution is 2.31. The molecule has 0 aliphatic carbocycles. The fourth-order valence-electron chi connectivity index (χ4n) is 4.17. The second kappa shape index (κ2) is 8.64. The maximum absolute atomic E-state index is 14.6. The fraction of sp³-hybridized carbons (Fsp3) is 0.360. The van der Waals surface area contributed by atoms with Crippen LogP contribution in [0.3, 0.4) is 0 Å². The Morgan fingerprint density at radius 3 is 2.54 bits per heavy atom. The summed E-state index contributed by atoms with van der Waals surface area (Å²) in [5.41, 5.74) is 2.97. The highest BCUT2D eigenvalue weighted by Gasteiger charge is 2.26. The highest BCUT2D eigenvalue weighted by atomic mass is 35.5. The van der Waals surface area contributed by atoms with Crippen LogP contribution in [0.2, 0.25) is 5.02 Å². The van der Waals surface area contributed by atoms with Crippen LogP contribution in [0.15, 0.2) is 36.8 Å². The van der Waals surface area contributed by atoms with E-state index in [9.17, 15) is 9.18 Å². The number of anilines is 1. The standard InChI is InChI=1S/C25H26ClFN6O2/c1-15-13-33-14-16(9-20(27)23(33)29-15)21-11-19(26)18-10-17(12-28-22(18)30-21)31-5-7-32(8-6-31)24(34)35-25(2,3)4/h9-14H,5-8H2,1-4H3. The number of imidazole rings is 1. The van der Waals surface area contributed by atoms with Crippen LogP contribution in [-0.4, -0.2) is 62.1 Å². The zero-order valence-electron chi connectivity index (χ0n) is 20.0. The second-order valence-corrected chi connectivity index (χ2v) is 10.1. The van der Waals surface area contributed by atoms with Crippen molar-refractivity contribution in [1.29, 1.82) is 0 Å². The molecule has 1 saturated heterocycles. The first-order valence-electron chi connectivity index (χ1n) is 11.4. The lowest BCUT2D eigenvalue weighted by Crippen LogP contribution is -2.50. The fourth-order valence-corrected chi connectivity index (χ4v) is 4.41. The van der Waals surface area contributed by atoms with E-state index in [1.807, 2.05) is 33.8 Å². The van der Waals surface area contributed by atoms with Crippen LogP contribution in [-0.2, 0) is 4.74 Å². The number of nitrogens with zero attached hydrogens (tertiary/aromatic N) is 6. The van der Waals surface area contributed by atoms with E-state index in [0.29, 0.717) is 53.5 Å². The first kappa shape index (κ1) is 23.3. The van der Waals surface area contributed by atoms with Gasteiger partial charge in [-0.25, -0.2) is 24.1 Å². The minimum Gasteiger partial charge on any atom is -0.444 e. The van der Waals surface area contributed by atoms with Crippen LogP contribution in [0.1, 0.15) is 26.5 Å². The van der Waals surface area contributed by atoms with E-state index in [2.05, 4.69) is 19.9 Å². The number of aryl methyl sites for hydroxylation is 1. The van der Waals surface area contributed by atoms with E-state index >= 15 is 0 Å². The summed E-state index contributed by atoms with van der Waals surface area (Å²) in [6, 6.07) is 5.08. The van der Waals surface area contributed by atoms with Gasteiger partial charge in [-0.15, -0.1) is 0 Å². The summed E-state index contributed by atoms with van der Waals surface area (Å²) in [6.07, 6.45) is 5.00. The van der Waals surface area contributed by atoms with Gasteiger partial charge in [0.15, 0.2) is 17.1 Å². The van der Waals surface area contributed by atoms with Gasteiger partial charge in [0.05, 0.1) is 28.3 Å². The van der Waals surface area contributed by atoms with E-state index in [-0.39, 0.29) is 11.7 Å². The number of fused-ring (bicyclic) bond motifs is 2. The van der Waals surface area contributed by atoms with Crippen molar-refractivity contribution in [2.24, 2.45) is 0 Å². The van der Waals surface area contributed by atoms with Crippen molar-refractivity contribution in [3.8, 4) is 11.3 Å². The summed E-state index contributed by atoms with van der Waals surface area (Å²) < 4.78 is 21.7. The van der Waals surface area contributed by atoms with Crippen LogP contribution < -0.4 is 4.90 Å². The molecule has 0 unspecified atom stereocenters. The van der Waals surface area contributed by atoms with Crippen molar-refractivity contribution in [3.05, 3.63) is 53.3 Å². The molecule has 0 bridgehead atoms. The number of hydrogen-bond acceptors (Lipinski definition) is 6. The molecule has 0 atom stereocenters. The molecule has 10 heteroatoms. The molecule has 1 aliphatic heterocycles. The van der Waals surface area contributed by atoms with Crippen LogP contribution >= 0.6 is 11.6 Å². The van der Waals surface area contributed by atoms with Crippen LogP contribution in [0, 0.1) is 12.7 Å². The number of hydrogen-bond donors (Lipinski definition) is 0. The summed E-state index contributed by atoms with van der Waals surface area (Å²) >= 11 is 6.63. The lowest BCUT2D eigenvalue weighted by atomic mass is 10.1. The Balaban J connectivity index is 1.38. The monoisotopic (exact) mass is 496 g/mol. The number of halogens is 2. The zero-order valence-corrected chi connectivity index (χ0v) is 20.8. The quantitative estimate of drug-likeness (QED) is 0.384. The number of piperazine rings is 1. The number of aromatic nitrogens is 4. The molecule has 0 radical (unpaired) electrons. The van der Waals surface area contributed by atoms with Gasteiger partial charge in [-0.3, -0.25) is 0 Å². The van der Waals surface area contributed by atoms with Gasteiger partial charge in [0.2, 0.25) is 0 Å². The molecule has 0 spiro atoms. The largest absolute Gasteiger partial charge is 0.444 e. The van der Waals surface area contributed by atoms with E-state index in [0.717, 1.165) is 11.4 Å². The van der Waals surface area contributed by atoms with Gasteiger partial charge in [0.1, 0.15) is 5.60 Å². The summed E-state index contributed by atoms with van der Waals surface area (Å²) in [5, 5.41) is 1.19. The molecule has 4 aromatic rings. The van der Waals surface area contributed by atoms with Gasteiger partial charge in [-0.05, 0) is 45.9 Å². The van der Waals surface area contributed by atoms with Crippen molar-refractivity contribution in [2.75, 3.05) is 31.1 Å². The number of carbonyl (C=O) groups is 1. The van der Waals surface area contributed by atoms with Crippen molar-refractivity contribution >= 4 is 40.1 Å². The van der Waals surface area contributed by atoms with Crippen molar-refractivity contribution in [3.63, 3.8) is 0 Å². The number of pyridine rings is 3. The molecule has 35 heavy (non-hydrogen) atoms. The van der Waals surface area contributed by atoms with E-state index in [1.165, 1.54) is 6.07 Å². The summed E-state index contributed by atoms with van der Waals surface area (Å²) in [4.78, 5) is 29.6. The molecule has 5 rings (SSSR count). The number of carbonyl (C=O) groups excluding carboxylic acids is 1. The van der Waals surface area contributed by atoms with Crippen LogP contribution in [0.25, 0.3) is 27.9 Å². The maximum atomic E-state index is 14.6. The summed E-state index contributed by atoms with van der Waals surface area (Å²) in [7, 11) is 0. The van der Waals surface area contributed by atoms with E-state index in [1.54, 1.807) is 34.0 Å². The first-order chi connectivity index (χ1) is 16.6. The molecule has 0 saturated carbocycles. The predicted molar refractivity (Wildman–Crippen MR) is 133 cm³/mol. The van der Waals surface area contributed by atoms with E-state index in [4.69, 9.17) is 16.3 Å². The van der Waals surface area contributed by atoms with Gasteiger partial charge < -0.3 is 18.9 Å². The third-order valence-electron chi connectivity index (χ3n) is 5.82. The van der Waals surface area contributed by atoms with Gasteiger partial charge >= 0.3 is 6.09 Å². The molecule has 1 fully saturated rings. The summed E-state index contributed by atoms with van der Waals surface area (Å²) in [6.45, 7) is 9.81. The Labute approximate surface area is 207 Å². The Bertz CT molecular complexity index is 1440. The number of rotatable bonds is 2. The van der Waals surface area contributed by atoms with Crippen molar-refractivity contribution < 1.29 is 13.9 Å². The molecule has 0 aromatic carbocycles. The van der Waals surface area contributed by atoms with Crippen molar-refractivity contribution in [2.45, 2.75) is 33.3 Å². The molecule has 4 aromatic heterocycles. The van der Waals surface area contributed by atoms with Gasteiger partial charge in [0.25, 0.3) is 0 Å². The molecule has 1 amide bonds. The summed E-state index contributed by atoms with van der Waals surface area (Å²) in [5.74, 6) is -0.428. The molecule has 182 valence electrons. The van der Waals surface area contributed by atoms with E-state index < -0.39 is 11.4 Å². The highest BCUT2D eigenvalue weighted by molar-refractivity contribution is 6.35. The molecule has 0 N–H and O–H groups in total. The SMILES string of the molecule is Cc1cn2cc(-c3cc(Cl)c4cc(N5CCN(C(=O)OC(C)(C)C)CC5)cnc4n3)cc(F)c2n1. The molecule has 8 nitrogen and oxygen atoms in total. The third-order valence-corrected chi connectivity index (χ3v) is 6.13. The van der Waals surface area contributed by atoms with Gasteiger partial charge in [0, 0.05) is 49.5 Å². The Hall–Kier alpha value is -3.46. The first-order valence-corrected chi connectivity index (χ1v) is 11.8. The average Bonchev–Trinajstić information content (AvgIpc) is 3.18. The third kappa shape index (κ3) is 4.73. The maximum Gasteiger partial charge on any atom is 0.410 e. The Kier molecular flexibility index (Phi) is 5.75. The minimum atomic E-state index is -0.520. The number of amides is 1. The normalized spacial score (nSPS) is 14.7. The van der Waals surface area contributed by atoms with Gasteiger partial charge in [-0.1, -0.05) is 11.6 Å². The Morgan fingerprint density at radius 1 is 1.09 bits per heavy atom. The van der Waals surface area contributed by atoms with Crippen LogP contribution in [0.4, 0.5) is 14.9 Å². The lowest BCUT2D eigenvalue weighted by molar-refractivity contribution is 0.0240. The van der Waals surface area contributed by atoms with Gasteiger partial charge in [-0.2, -0.15) is 0 Å². The predicted octanol–water partition coefficient (Wildman–Crippen LogP) is 5.10. The Morgan fingerprint density at radius 2 is 1.83 bits per heavy atom. The minimum absolute atomic E-state index is 0.271. The molecule has 5 heterocycles.